The summed E-state index contributed by atoms with van der Waals surface area (Å²) in [6.45, 7) is 1.74. The number of aromatic nitrogens is 2. The standard InChI is InChI=1S/C22H19N3O2/c1-15-19-9-5-6-10-20(19)22(27)25(23-15)14-21(26)24(2)18-12-11-16-7-3-4-8-17(16)13-18/h3-13H,14H2,1-2H3. The smallest absolute Gasteiger partial charge is 0.275 e. The van der Waals surface area contributed by atoms with E-state index in [0.717, 1.165) is 27.5 Å². The molecule has 0 aliphatic heterocycles. The van der Waals surface area contributed by atoms with E-state index in [4.69, 9.17) is 0 Å². The van der Waals surface area contributed by atoms with E-state index in [1.54, 1.807) is 18.0 Å². The highest BCUT2D eigenvalue weighted by Crippen LogP contribution is 2.21. The summed E-state index contributed by atoms with van der Waals surface area (Å²) in [7, 11) is 1.71. The fourth-order valence-corrected chi connectivity index (χ4v) is 3.28. The molecule has 5 nitrogen and oxygen atoms in total. The van der Waals surface area contributed by atoms with Crippen LogP contribution in [0.15, 0.2) is 71.5 Å². The lowest BCUT2D eigenvalue weighted by Crippen LogP contribution is -2.35. The first kappa shape index (κ1) is 17.0. The summed E-state index contributed by atoms with van der Waals surface area (Å²) in [5, 5.41) is 7.89. The Bertz CT molecular complexity index is 1230. The van der Waals surface area contributed by atoms with Crippen LogP contribution in [0.1, 0.15) is 5.69 Å². The van der Waals surface area contributed by atoms with Crippen LogP contribution in [0.25, 0.3) is 21.5 Å². The second-order valence-electron chi connectivity index (χ2n) is 6.58. The van der Waals surface area contributed by atoms with Crippen LogP contribution in [0.2, 0.25) is 0 Å². The SMILES string of the molecule is Cc1nn(CC(=O)N(C)c2ccc3ccccc3c2)c(=O)c2ccccc12. The third kappa shape index (κ3) is 3.08. The van der Waals surface area contributed by atoms with Gasteiger partial charge in [0.2, 0.25) is 5.91 Å². The summed E-state index contributed by atoms with van der Waals surface area (Å²) < 4.78 is 1.25. The molecule has 0 aliphatic carbocycles. The predicted molar refractivity (Wildman–Crippen MR) is 108 cm³/mol. The summed E-state index contributed by atoms with van der Waals surface area (Å²) in [5.41, 5.74) is 1.26. The highest BCUT2D eigenvalue weighted by atomic mass is 16.2. The maximum Gasteiger partial charge on any atom is 0.275 e. The van der Waals surface area contributed by atoms with Crippen molar-refractivity contribution >= 4 is 33.1 Å². The number of hydrogen-bond acceptors (Lipinski definition) is 3. The zero-order valence-corrected chi connectivity index (χ0v) is 15.2. The Hall–Kier alpha value is -3.47. The number of aryl methyl sites for hydroxylation is 1. The third-order valence-electron chi connectivity index (χ3n) is 4.83. The Balaban J connectivity index is 1.66. The second kappa shape index (κ2) is 6.68. The zero-order valence-electron chi connectivity index (χ0n) is 15.2. The maximum atomic E-state index is 12.8. The van der Waals surface area contributed by atoms with Gasteiger partial charge in [0.25, 0.3) is 5.56 Å². The Labute approximate surface area is 156 Å². The minimum atomic E-state index is -0.253. The van der Waals surface area contributed by atoms with E-state index in [2.05, 4.69) is 5.10 Å². The van der Waals surface area contributed by atoms with E-state index in [9.17, 15) is 9.59 Å². The van der Waals surface area contributed by atoms with Gasteiger partial charge in [-0.25, -0.2) is 4.68 Å². The van der Waals surface area contributed by atoms with Gasteiger partial charge in [0, 0.05) is 18.1 Å². The topological polar surface area (TPSA) is 55.2 Å². The Kier molecular flexibility index (Phi) is 4.20. The van der Waals surface area contributed by atoms with E-state index in [0.29, 0.717) is 5.39 Å². The highest BCUT2D eigenvalue weighted by Gasteiger charge is 2.15. The number of fused-ring (bicyclic) bond motifs is 2. The van der Waals surface area contributed by atoms with E-state index in [1.807, 2.05) is 67.6 Å². The number of carbonyl (C=O) groups is 1. The predicted octanol–water partition coefficient (Wildman–Crippen LogP) is 3.52. The summed E-state index contributed by atoms with van der Waals surface area (Å²) in [4.78, 5) is 27.0. The molecular weight excluding hydrogens is 338 g/mol. The average molecular weight is 357 g/mol. The highest BCUT2D eigenvalue weighted by molar-refractivity contribution is 5.96. The first-order chi connectivity index (χ1) is 13.0. The van der Waals surface area contributed by atoms with Crippen molar-refractivity contribution in [2.24, 2.45) is 0 Å². The summed E-state index contributed by atoms with van der Waals surface area (Å²) in [6.07, 6.45) is 0. The van der Waals surface area contributed by atoms with Crippen LogP contribution in [0.4, 0.5) is 5.69 Å². The third-order valence-corrected chi connectivity index (χ3v) is 4.83. The normalized spacial score (nSPS) is 11.0. The van der Waals surface area contributed by atoms with Crippen LogP contribution in [0.5, 0.6) is 0 Å². The molecule has 0 saturated carbocycles. The van der Waals surface area contributed by atoms with E-state index >= 15 is 0 Å². The van der Waals surface area contributed by atoms with Crippen molar-refractivity contribution in [2.45, 2.75) is 13.5 Å². The summed E-state index contributed by atoms with van der Waals surface area (Å²) >= 11 is 0. The molecule has 0 N–H and O–H groups in total. The Morgan fingerprint density at radius 3 is 2.41 bits per heavy atom. The van der Waals surface area contributed by atoms with Gasteiger partial charge in [0.1, 0.15) is 6.54 Å². The first-order valence-corrected chi connectivity index (χ1v) is 8.76. The number of hydrogen-bond donors (Lipinski definition) is 0. The van der Waals surface area contributed by atoms with Gasteiger partial charge in [-0.15, -0.1) is 0 Å². The largest absolute Gasteiger partial charge is 0.314 e. The van der Waals surface area contributed by atoms with Crippen molar-refractivity contribution in [3.8, 4) is 0 Å². The van der Waals surface area contributed by atoms with Crippen molar-refractivity contribution in [1.29, 1.82) is 0 Å². The number of amides is 1. The Morgan fingerprint density at radius 2 is 1.63 bits per heavy atom. The molecule has 4 aromatic rings. The van der Waals surface area contributed by atoms with Crippen LogP contribution in [0, 0.1) is 6.92 Å². The van der Waals surface area contributed by atoms with E-state index in [-0.39, 0.29) is 18.0 Å². The van der Waals surface area contributed by atoms with Gasteiger partial charge in [-0.1, -0.05) is 48.5 Å². The van der Waals surface area contributed by atoms with Crippen LogP contribution >= 0.6 is 0 Å². The van der Waals surface area contributed by atoms with Gasteiger partial charge >= 0.3 is 0 Å². The lowest BCUT2D eigenvalue weighted by molar-refractivity contribution is -0.119. The first-order valence-electron chi connectivity index (χ1n) is 8.76. The number of carbonyl (C=O) groups excluding carboxylic acids is 1. The molecule has 1 heterocycles. The van der Waals surface area contributed by atoms with Gasteiger partial charge in [-0.3, -0.25) is 9.59 Å². The average Bonchev–Trinajstić information content (AvgIpc) is 2.71. The fourth-order valence-electron chi connectivity index (χ4n) is 3.28. The van der Waals surface area contributed by atoms with E-state index in [1.165, 1.54) is 4.68 Å². The van der Waals surface area contributed by atoms with Gasteiger partial charge < -0.3 is 4.90 Å². The van der Waals surface area contributed by atoms with Gasteiger partial charge in [0.05, 0.1) is 11.1 Å². The van der Waals surface area contributed by atoms with Crippen molar-refractivity contribution in [3.63, 3.8) is 0 Å². The fraction of sp³-hybridized carbons (Fsp3) is 0.136. The lowest BCUT2D eigenvalue weighted by Gasteiger charge is -2.18. The number of anilines is 1. The molecule has 0 atom stereocenters. The van der Waals surface area contributed by atoms with Crippen molar-refractivity contribution in [1.82, 2.24) is 9.78 Å². The Morgan fingerprint density at radius 1 is 0.963 bits per heavy atom. The molecule has 1 amide bonds. The van der Waals surface area contributed by atoms with Crippen molar-refractivity contribution < 1.29 is 4.79 Å². The summed E-state index contributed by atoms with van der Waals surface area (Å²) in [6, 6.07) is 21.2. The van der Waals surface area contributed by atoms with Crippen molar-refractivity contribution in [3.05, 3.63) is 82.8 Å². The monoisotopic (exact) mass is 357 g/mol. The number of rotatable bonds is 3. The molecule has 0 aliphatic rings. The lowest BCUT2D eigenvalue weighted by atomic mass is 10.1. The van der Waals surface area contributed by atoms with Crippen LogP contribution < -0.4 is 10.5 Å². The van der Waals surface area contributed by atoms with Crippen LogP contribution in [-0.2, 0) is 11.3 Å². The quantitative estimate of drug-likeness (QED) is 0.564. The van der Waals surface area contributed by atoms with Gasteiger partial charge in [-0.2, -0.15) is 5.10 Å². The number of likely N-dealkylation sites (N-methyl/N-ethyl adjacent to an activating group) is 1. The molecule has 134 valence electrons. The molecule has 0 spiro atoms. The number of benzene rings is 3. The van der Waals surface area contributed by atoms with Crippen molar-refractivity contribution in [2.75, 3.05) is 11.9 Å². The zero-order chi connectivity index (χ0) is 19.0. The summed E-state index contributed by atoms with van der Waals surface area (Å²) in [5.74, 6) is -0.199. The van der Waals surface area contributed by atoms with E-state index < -0.39 is 0 Å². The van der Waals surface area contributed by atoms with Crippen LogP contribution in [-0.4, -0.2) is 22.7 Å². The molecule has 1 aromatic heterocycles. The maximum absolute atomic E-state index is 12.8. The second-order valence-corrected chi connectivity index (χ2v) is 6.58. The molecule has 0 radical (unpaired) electrons. The molecule has 4 rings (SSSR count). The molecule has 27 heavy (non-hydrogen) atoms. The van der Waals surface area contributed by atoms with Crippen LogP contribution in [0.3, 0.4) is 0 Å². The van der Waals surface area contributed by atoms with Gasteiger partial charge in [0.15, 0.2) is 0 Å². The van der Waals surface area contributed by atoms with Gasteiger partial charge in [-0.05, 0) is 35.9 Å². The molecule has 0 saturated heterocycles. The molecule has 5 heteroatoms. The molecule has 0 unspecified atom stereocenters. The molecular formula is C22H19N3O2. The minimum absolute atomic E-state index is 0.103. The molecule has 0 bridgehead atoms. The molecule has 3 aromatic carbocycles. The number of nitrogens with zero attached hydrogens (tertiary/aromatic N) is 3. The minimum Gasteiger partial charge on any atom is -0.314 e. The molecule has 0 fully saturated rings.